The highest BCUT2D eigenvalue weighted by Crippen LogP contribution is 2.26. The lowest BCUT2D eigenvalue weighted by molar-refractivity contribution is 0.0766. The normalized spacial score (nSPS) is 13.4. The summed E-state index contributed by atoms with van der Waals surface area (Å²) in [4.78, 5) is 23.4. The maximum atomic E-state index is 13.4. The van der Waals surface area contributed by atoms with Crippen LogP contribution in [-0.2, 0) is 0 Å². The predicted molar refractivity (Wildman–Crippen MR) is 141 cm³/mol. The number of amides is 1. The molecule has 9 heteroatoms. The lowest BCUT2D eigenvalue weighted by atomic mass is 10.1. The molecule has 1 fully saturated rings. The Balaban J connectivity index is 0.000000815. The van der Waals surface area contributed by atoms with Crippen LogP contribution in [0.4, 0.5) is 6.01 Å². The van der Waals surface area contributed by atoms with E-state index in [1.165, 1.54) is 4.80 Å². The summed E-state index contributed by atoms with van der Waals surface area (Å²) in [6.45, 7) is 12.6. The molecular weight excluding hydrogens is 464 g/mol. The summed E-state index contributed by atoms with van der Waals surface area (Å²) in [5, 5.41) is 9.02. The zero-order valence-corrected chi connectivity index (χ0v) is 21.8. The molecule has 1 saturated heterocycles. The Morgan fingerprint density at radius 2 is 1.69 bits per heavy atom. The highest BCUT2D eigenvalue weighted by Gasteiger charge is 2.25. The van der Waals surface area contributed by atoms with Gasteiger partial charge in [-0.25, -0.2) is 0 Å². The van der Waals surface area contributed by atoms with Crippen LogP contribution in [0.5, 0.6) is 0 Å². The number of anilines is 1. The van der Waals surface area contributed by atoms with Crippen LogP contribution in [-0.4, -0.2) is 57.0 Å². The molecule has 2 aromatic heterocycles. The first kappa shape index (κ1) is 26.2. The first-order valence-electron chi connectivity index (χ1n) is 12.2. The second kappa shape index (κ2) is 12.4. The van der Waals surface area contributed by atoms with Gasteiger partial charge < -0.3 is 14.2 Å². The van der Waals surface area contributed by atoms with Gasteiger partial charge in [0.2, 0.25) is 0 Å². The molecule has 0 spiro atoms. The number of fused-ring (bicyclic) bond motifs is 1. The SMILES string of the molecule is CC.CC.Cc1ccc(-n2nccn2)c(C(=O)N2CCCN(c3nc4cc(Cl)ccc4o3)CC2)c1. The first-order valence-corrected chi connectivity index (χ1v) is 12.5. The molecule has 8 nitrogen and oxygen atoms in total. The van der Waals surface area contributed by atoms with E-state index >= 15 is 0 Å². The number of hydrogen-bond acceptors (Lipinski definition) is 6. The van der Waals surface area contributed by atoms with E-state index in [-0.39, 0.29) is 5.91 Å². The molecule has 4 aromatic rings. The third-order valence-electron chi connectivity index (χ3n) is 5.41. The smallest absolute Gasteiger partial charge is 0.298 e. The lowest BCUT2D eigenvalue weighted by Crippen LogP contribution is -2.36. The minimum Gasteiger partial charge on any atom is -0.423 e. The largest absolute Gasteiger partial charge is 0.423 e. The third kappa shape index (κ3) is 6.00. The van der Waals surface area contributed by atoms with E-state index in [4.69, 9.17) is 16.0 Å². The number of benzene rings is 2. The van der Waals surface area contributed by atoms with Gasteiger partial charge in [-0.05, 0) is 43.7 Å². The number of rotatable bonds is 3. The number of nitrogens with zero attached hydrogens (tertiary/aromatic N) is 6. The topological polar surface area (TPSA) is 80.3 Å². The van der Waals surface area contributed by atoms with Gasteiger partial charge in [-0.15, -0.1) is 0 Å². The van der Waals surface area contributed by atoms with Gasteiger partial charge in [0.05, 0.1) is 23.6 Å². The van der Waals surface area contributed by atoms with E-state index in [2.05, 4.69) is 20.1 Å². The fourth-order valence-corrected chi connectivity index (χ4v) is 4.01. The van der Waals surface area contributed by atoms with E-state index < -0.39 is 0 Å². The maximum Gasteiger partial charge on any atom is 0.298 e. The zero-order chi connectivity index (χ0) is 25.4. The van der Waals surface area contributed by atoms with Crippen molar-refractivity contribution in [2.75, 3.05) is 31.1 Å². The standard InChI is InChI=1S/C22H21ClN6O2.2C2H6/c1-15-3-5-19(29-24-7-8-25-29)17(13-15)21(30)27-9-2-10-28(12-11-27)22-26-18-14-16(23)4-6-20(18)31-22;2*1-2/h3-8,13-14H,2,9-12H2,1H3;2*1-2H3. The summed E-state index contributed by atoms with van der Waals surface area (Å²) < 4.78 is 5.92. The molecule has 2 aromatic carbocycles. The summed E-state index contributed by atoms with van der Waals surface area (Å²) >= 11 is 6.06. The van der Waals surface area contributed by atoms with Crippen LogP contribution in [0.25, 0.3) is 16.8 Å². The molecule has 5 rings (SSSR count). The predicted octanol–water partition coefficient (Wildman–Crippen LogP) is 5.78. The Morgan fingerprint density at radius 1 is 0.943 bits per heavy atom. The minimum absolute atomic E-state index is 0.0257. The third-order valence-corrected chi connectivity index (χ3v) is 5.64. The number of carbonyl (C=O) groups excluding carboxylic acids is 1. The molecule has 186 valence electrons. The van der Waals surface area contributed by atoms with Crippen molar-refractivity contribution in [3.63, 3.8) is 0 Å². The Morgan fingerprint density at radius 3 is 2.43 bits per heavy atom. The van der Waals surface area contributed by atoms with Crippen LogP contribution in [0.3, 0.4) is 0 Å². The number of halogens is 1. The minimum atomic E-state index is -0.0257. The van der Waals surface area contributed by atoms with Crippen molar-refractivity contribution in [2.24, 2.45) is 0 Å². The van der Waals surface area contributed by atoms with E-state index in [9.17, 15) is 4.79 Å². The maximum absolute atomic E-state index is 13.4. The molecular formula is C26H33ClN6O2. The number of aryl methyl sites for hydroxylation is 1. The molecule has 0 aliphatic carbocycles. The summed E-state index contributed by atoms with van der Waals surface area (Å²) in [7, 11) is 0. The monoisotopic (exact) mass is 496 g/mol. The van der Waals surface area contributed by atoms with Crippen LogP contribution in [0.1, 0.15) is 50.0 Å². The van der Waals surface area contributed by atoms with Gasteiger partial charge in [-0.1, -0.05) is 50.9 Å². The molecule has 0 N–H and O–H groups in total. The highest BCUT2D eigenvalue weighted by atomic mass is 35.5. The Labute approximate surface area is 211 Å². The fourth-order valence-electron chi connectivity index (χ4n) is 3.84. The van der Waals surface area contributed by atoms with Gasteiger partial charge in [0.1, 0.15) is 5.52 Å². The van der Waals surface area contributed by atoms with Crippen molar-refractivity contribution in [3.05, 3.63) is 64.9 Å². The van der Waals surface area contributed by atoms with Crippen LogP contribution < -0.4 is 4.90 Å². The van der Waals surface area contributed by atoms with Crippen LogP contribution in [0, 0.1) is 6.92 Å². The van der Waals surface area contributed by atoms with Gasteiger partial charge in [0.15, 0.2) is 5.58 Å². The number of hydrogen-bond donors (Lipinski definition) is 0. The van der Waals surface area contributed by atoms with Crippen LogP contribution in [0.15, 0.2) is 53.2 Å². The van der Waals surface area contributed by atoms with Crippen LogP contribution >= 0.6 is 11.6 Å². The quantitative estimate of drug-likeness (QED) is 0.358. The van der Waals surface area contributed by atoms with Crippen molar-refractivity contribution >= 4 is 34.6 Å². The molecule has 0 bridgehead atoms. The number of aromatic nitrogens is 4. The average molecular weight is 497 g/mol. The first-order chi connectivity index (χ1) is 17.1. The van der Waals surface area contributed by atoms with E-state index in [1.54, 1.807) is 24.5 Å². The van der Waals surface area contributed by atoms with Crippen molar-refractivity contribution < 1.29 is 9.21 Å². The van der Waals surface area contributed by atoms with E-state index in [0.29, 0.717) is 47.5 Å². The molecule has 35 heavy (non-hydrogen) atoms. The second-order valence-corrected chi connectivity index (χ2v) is 8.02. The molecule has 1 amide bonds. The number of carbonyl (C=O) groups is 1. The van der Waals surface area contributed by atoms with Gasteiger partial charge in [-0.2, -0.15) is 20.0 Å². The number of oxazole rings is 1. The summed E-state index contributed by atoms with van der Waals surface area (Å²) in [6.07, 6.45) is 4.02. The van der Waals surface area contributed by atoms with Gasteiger partial charge in [0, 0.05) is 31.2 Å². The second-order valence-electron chi connectivity index (χ2n) is 7.58. The summed E-state index contributed by atoms with van der Waals surface area (Å²) in [5.74, 6) is -0.0257. The van der Waals surface area contributed by atoms with Crippen molar-refractivity contribution in [3.8, 4) is 5.69 Å². The molecule has 1 aliphatic heterocycles. The highest BCUT2D eigenvalue weighted by molar-refractivity contribution is 6.31. The van der Waals surface area contributed by atoms with Crippen molar-refractivity contribution in [2.45, 2.75) is 41.0 Å². The van der Waals surface area contributed by atoms with Crippen molar-refractivity contribution in [1.29, 1.82) is 0 Å². The molecule has 1 aliphatic rings. The van der Waals surface area contributed by atoms with Crippen molar-refractivity contribution in [1.82, 2.24) is 24.9 Å². The van der Waals surface area contributed by atoms with Gasteiger partial charge in [-0.3, -0.25) is 4.79 Å². The Bertz CT molecular complexity index is 1240. The summed E-state index contributed by atoms with van der Waals surface area (Å²) in [6, 6.07) is 11.7. The fraction of sp³-hybridized carbons (Fsp3) is 0.385. The van der Waals surface area contributed by atoms with Gasteiger partial charge >= 0.3 is 0 Å². The molecule has 0 atom stereocenters. The summed E-state index contributed by atoms with van der Waals surface area (Å²) in [5.41, 5.74) is 3.73. The average Bonchev–Trinajstić information content (AvgIpc) is 3.50. The Kier molecular flexibility index (Phi) is 9.25. The zero-order valence-electron chi connectivity index (χ0n) is 21.0. The molecule has 0 saturated carbocycles. The van der Waals surface area contributed by atoms with Gasteiger partial charge in [0.25, 0.3) is 11.9 Å². The lowest BCUT2D eigenvalue weighted by Gasteiger charge is -2.22. The van der Waals surface area contributed by atoms with E-state index in [1.807, 2.05) is 63.8 Å². The van der Waals surface area contributed by atoms with Crippen LogP contribution in [0.2, 0.25) is 5.02 Å². The van der Waals surface area contributed by atoms with E-state index in [0.717, 1.165) is 24.0 Å². The molecule has 0 unspecified atom stereocenters. The molecule has 0 radical (unpaired) electrons. The molecule has 3 heterocycles. The Hall–Kier alpha value is -3.39.